The molecule has 0 unspecified atom stereocenters. The Balaban J connectivity index is 1.57. The molecule has 6 heteroatoms. The molecular weight excluding hydrogens is 319 g/mol. The fourth-order valence-electron chi connectivity index (χ4n) is 2.99. The molecule has 0 atom stereocenters. The standard InChI is InChI=1S/C19H23FN4O/c20-16-7-5-15(6-8-16)9-10-21-18-13-17(22-14-23-18)19(25)24-11-3-1-2-4-12-24/h5-8,13-14H,1-4,9-12H2,(H,21,22,23). The van der Waals surface area contributed by atoms with Gasteiger partial charge in [-0.3, -0.25) is 4.79 Å². The van der Waals surface area contributed by atoms with Gasteiger partial charge in [0.2, 0.25) is 0 Å². The van der Waals surface area contributed by atoms with Gasteiger partial charge in [0.25, 0.3) is 5.91 Å². The molecule has 0 spiro atoms. The van der Waals surface area contributed by atoms with Crippen molar-refractivity contribution in [2.24, 2.45) is 0 Å². The van der Waals surface area contributed by atoms with Gasteiger partial charge in [-0.25, -0.2) is 14.4 Å². The first kappa shape index (κ1) is 17.3. The number of anilines is 1. The smallest absolute Gasteiger partial charge is 0.272 e. The lowest BCUT2D eigenvalue weighted by Gasteiger charge is -2.19. The van der Waals surface area contributed by atoms with E-state index in [1.165, 1.54) is 31.3 Å². The number of amides is 1. The molecule has 1 aromatic heterocycles. The minimum Gasteiger partial charge on any atom is -0.370 e. The number of nitrogens with zero attached hydrogens (tertiary/aromatic N) is 3. The number of halogens is 1. The number of likely N-dealkylation sites (tertiary alicyclic amines) is 1. The van der Waals surface area contributed by atoms with Crippen LogP contribution in [0.1, 0.15) is 41.7 Å². The summed E-state index contributed by atoms with van der Waals surface area (Å²) in [6, 6.07) is 8.16. The van der Waals surface area contributed by atoms with Crippen LogP contribution in [-0.4, -0.2) is 40.4 Å². The molecule has 1 N–H and O–H groups in total. The van der Waals surface area contributed by atoms with E-state index in [1.807, 2.05) is 4.90 Å². The lowest BCUT2D eigenvalue weighted by atomic mass is 10.1. The van der Waals surface area contributed by atoms with Gasteiger partial charge >= 0.3 is 0 Å². The van der Waals surface area contributed by atoms with Crippen LogP contribution < -0.4 is 5.32 Å². The van der Waals surface area contributed by atoms with Gasteiger partial charge in [0.15, 0.2) is 0 Å². The van der Waals surface area contributed by atoms with Gasteiger partial charge in [0.05, 0.1) is 0 Å². The van der Waals surface area contributed by atoms with Crippen LogP contribution in [0, 0.1) is 5.82 Å². The summed E-state index contributed by atoms with van der Waals surface area (Å²) < 4.78 is 12.9. The quantitative estimate of drug-likeness (QED) is 0.906. The average molecular weight is 342 g/mol. The third-order valence-electron chi connectivity index (χ3n) is 4.41. The number of rotatable bonds is 5. The summed E-state index contributed by atoms with van der Waals surface area (Å²) in [5.41, 5.74) is 1.48. The number of aromatic nitrogens is 2. The van der Waals surface area contributed by atoms with Gasteiger partial charge in [-0.05, 0) is 37.0 Å². The number of carbonyl (C=O) groups is 1. The van der Waals surface area contributed by atoms with Gasteiger partial charge in [0.1, 0.15) is 23.7 Å². The van der Waals surface area contributed by atoms with E-state index >= 15 is 0 Å². The number of hydrogen-bond donors (Lipinski definition) is 1. The van der Waals surface area contributed by atoms with E-state index < -0.39 is 0 Å². The molecule has 1 saturated heterocycles. The summed E-state index contributed by atoms with van der Waals surface area (Å²) in [5.74, 6) is 0.380. The molecule has 0 radical (unpaired) electrons. The highest BCUT2D eigenvalue weighted by Gasteiger charge is 2.18. The van der Waals surface area contributed by atoms with Crippen LogP contribution in [-0.2, 0) is 6.42 Å². The summed E-state index contributed by atoms with van der Waals surface area (Å²) >= 11 is 0. The molecule has 1 aromatic carbocycles. The molecule has 2 aromatic rings. The van der Waals surface area contributed by atoms with Gasteiger partial charge in [0, 0.05) is 25.7 Å². The van der Waals surface area contributed by atoms with Crippen LogP contribution in [0.3, 0.4) is 0 Å². The fourth-order valence-corrected chi connectivity index (χ4v) is 2.99. The van der Waals surface area contributed by atoms with Crippen molar-refractivity contribution in [2.75, 3.05) is 25.0 Å². The van der Waals surface area contributed by atoms with Crippen LogP contribution in [0.2, 0.25) is 0 Å². The average Bonchev–Trinajstić information content (AvgIpc) is 2.92. The van der Waals surface area contributed by atoms with E-state index in [0.717, 1.165) is 37.9 Å². The first-order valence-corrected chi connectivity index (χ1v) is 8.82. The lowest BCUT2D eigenvalue weighted by Crippen LogP contribution is -2.32. The molecule has 132 valence electrons. The Hall–Kier alpha value is -2.50. The SMILES string of the molecule is O=C(c1cc(NCCc2ccc(F)cc2)ncn1)N1CCCCCC1. The number of carbonyl (C=O) groups excluding carboxylic acids is 1. The monoisotopic (exact) mass is 342 g/mol. The van der Waals surface area contributed by atoms with Gasteiger partial charge < -0.3 is 10.2 Å². The second-order valence-corrected chi connectivity index (χ2v) is 6.30. The molecule has 1 aliphatic rings. The Morgan fingerprint density at radius 1 is 1.08 bits per heavy atom. The summed E-state index contributed by atoms with van der Waals surface area (Å²) in [4.78, 5) is 22.8. The van der Waals surface area contributed by atoms with Crippen LogP contribution in [0.4, 0.5) is 10.2 Å². The molecule has 1 amide bonds. The zero-order valence-corrected chi connectivity index (χ0v) is 14.2. The van der Waals surface area contributed by atoms with Crippen LogP contribution >= 0.6 is 0 Å². The zero-order chi connectivity index (χ0) is 17.5. The van der Waals surface area contributed by atoms with Crippen molar-refractivity contribution in [3.63, 3.8) is 0 Å². The summed E-state index contributed by atoms with van der Waals surface area (Å²) in [7, 11) is 0. The first-order valence-electron chi connectivity index (χ1n) is 8.82. The molecule has 0 saturated carbocycles. The van der Waals surface area contributed by atoms with Crippen LogP contribution in [0.5, 0.6) is 0 Å². The molecule has 0 aliphatic carbocycles. The van der Waals surface area contributed by atoms with Crippen molar-refractivity contribution in [3.8, 4) is 0 Å². The van der Waals surface area contributed by atoms with Crippen molar-refractivity contribution in [3.05, 3.63) is 53.7 Å². The number of nitrogens with one attached hydrogen (secondary N) is 1. The molecule has 2 heterocycles. The predicted octanol–water partition coefficient (Wildman–Crippen LogP) is 3.29. The summed E-state index contributed by atoms with van der Waals surface area (Å²) in [6.45, 7) is 2.26. The van der Waals surface area contributed by atoms with E-state index in [9.17, 15) is 9.18 Å². The summed E-state index contributed by atoms with van der Waals surface area (Å²) in [6.07, 6.45) is 6.65. The highest BCUT2D eigenvalue weighted by Crippen LogP contribution is 2.14. The second-order valence-electron chi connectivity index (χ2n) is 6.30. The summed E-state index contributed by atoms with van der Waals surface area (Å²) in [5, 5.41) is 3.20. The third kappa shape index (κ3) is 4.98. The van der Waals surface area contributed by atoms with E-state index in [-0.39, 0.29) is 11.7 Å². The van der Waals surface area contributed by atoms with Crippen LogP contribution in [0.25, 0.3) is 0 Å². The van der Waals surface area contributed by atoms with Crippen LogP contribution in [0.15, 0.2) is 36.7 Å². The Kier molecular flexibility index (Phi) is 5.93. The third-order valence-corrected chi connectivity index (χ3v) is 4.41. The Labute approximate surface area is 147 Å². The second kappa shape index (κ2) is 8.55. The normalized spacial score (nSPS) is 14.8. The maximum Gasteiger partial charge on any atom is 0.272 e. The minimum absolute atomic E-state index is 0.0223. The number of hydrogen-bond acceptors (Lipinski definition) is 4. The van der Waals surface area contributed by atoms with Gasteiger partial charge in [-0.2, -0.15) is 0 Å². The molecular formula is C19H23FN4O. The Bertz CT molecular complexity index is 697. The molecule has 5 nitrogen and oxygen atoms in total. The topological polar surface area (TPSA) is 58.1 Å². The minimum atomic E-state index is -0.232. The van der Waals surface area contributed by atoms with E-state index in [2.05, 4.69) is 15.3 Å². The Morgan fingerprint density at radius 2 is 1.80 bits per heavy atom. The lowest BCUT2D eigenvalue weighted by molar-refractivity contribution is 0.0755. The highest BCUT2D eigenvalue weighted by molar-refractivity contribution is 5.92. The van der Waals surface area contributed by atoms with Crippen molar-refractivity contribution in [2.45, 2.75) is 32.1 Å². The van der Waals surface area contributed by atoms with Crippen molar-refractivity contribution in [1.29, 1.82) is 0 Å². The van der Waals surface area contributed by atoms with Crippen molar-refractivity contribution < 1.29 is 9.18 Å². The molecule has 25 heavy (non-hydrogen) atoms. The van der Waals surface area contributed by atoms with Crippen molar-refractivity contribution in [1.82, 2.24) is 14.9 Å². The molecule has 1 fully saturated rings. The van der Waals surface area contributed by atoms with Crippen molar-refractivity contribution >= 4 is 11.7 Å². The molecule has 3 rings (SSSR count). The maximum atomic E-state index is 12.9. The predicted molar refractivity (Wildman–Crippen MR) is 95.0 cm³/mol. The fraction of sp³-hybridized carbons (Fsp3) is 0.421. The maximum absolute atomic E-state index is 12.9. The van der Waals surface area contributed by atoms with E-state index in [0.29, 0.717) is 18.1 Å². The van der Waals surface area contributed by atoms with E-state index in [1.54, 1.807) is 18.2 Å². The number of benzene rings is 1. The zero-order valence-electron chi connectivity index (χ0n) is 14.2. The highest BCUT2D eigenvalue weighted by atomic mass is 19.1. The Morgan fingerprint density at radius 3 is 2.52 bits per heavy atom. The largest absolute Gasteiger partial charge is 0.370 e. The molecule has 0 bridgehead atoms. The van der Waals surface area contributed by atoms with Gasteiger partial charge in [-0.15, -0.1) is 0 Å². The molecule has 1 aliphatic heterocycles. The first-order chi connectivity index (χ1) is 12.2. The van der Waals surface area contributed by atoms with E-state index in [4.69, 9.17) is 0 Å². The van der Waals surface area contributed by atoms with Gasteiger partial charge in [-0.1, -0.05) is 25.0 Å².